The van der Waals surface area contributed by atoms with E-state index in [0.29, 0.717) is 12.2 Å². The van der Waals surface area contributed by atoms with Crippen LogP contribution in [0, 0.1) is 0 Å². The average Bonchev–Trinajstić information content (AvgIpc) is 3.16. The normalized spacial score (nSPS) is 10.5. The van der Waals surface area contributed by atoms with Crippen molar-refractivity contribution in [1.29, 1.82) is 0 Å². The highest BCUT2D eigenvalue weighted by Gasteiger charge is 2.08. The number of carbonyl (C=O) groups is 1. The van der Waals surface area contributed by atoms with Gasteiger partial charge in [0.1, 0.15) is 5.69 Å². The molecule has 0 aliphatic rings. The predicted octanol–water partition coefficient (Wildman–Crippen LogP) is 1.54. The van der Waals surface area contributed by atoms with Crippen molar-refractivity contribution < 1.29 is 4.79 Å². The summed E-state index contributed by atoms with van der Waals surface area (Å²) in [5.74, 6) is 0.649. The molecule has 3 aromatic rings. The van der Waals surface area contributed by atoms with Crippen LogP contribution in [0.4, 0.5) is 0 Å². The van der Waals surface area contributed by atoms with Gasteiger partial charge in [-0.15, -0.1) is 0 Å². The number of aromatic nitrogens is 4. The highest BCUT2D eigenvalue weighted by Crippen LogP contribution is 2.05. The zero-order chi connectivity index (χ0) is 14.7. The zero-order valence-electron chi connectivity index (χ0n) is 11.6. The predicted molar refractivity (Wildman–Crippen MR) is 77.9 cm³/mol. The Kier molecular flexibility index (Phi) is 3.51. The van der Waals surface area contributed by atoms with Gasteiger partial charge in [0.15, 0.2) is 5.82 Å². The van der Waals surface area contributed by atoms with Crippen LogP contribution >= 0.6 is 0 Å². The topological polar surface area (TPSA) is 64.7 Å². The molecule has 0 saturated carbocycles. The molecule has 0 aromatic carbocycles. The minimum atomic E-state index is -0.0985. The third-order valence-corrected chi connectivity index (χ3v) is 3.18. The quantitative estimate of drug-likeness (QED) is 0.789. The van der Waals surface area contributed by atoms with Gasteiger partial charge in [-0.05, 0) is 29.8 Å². The largest absolute Gasteiger partial charge is 0.347 e. The van der Waals surface area contributed by atoms with Gasteiger partial charge in [-0.2, -0.15) is 5.10 Å². The lowest BCUT2D eigenvalue weighted by Gasteiger charge is -2.07. The SMILES string of the molecule is Cn1cccc1C(=O)NCc1ccc(-n2cccn2)nc1. The minimum Gasteiger partial charge on any atom is -0.347 e. The molecule has 0 bridgehead atoms. The molecule has 3 heterocycles. The third kappa shape index (κ3) is 2.84. The van der Waals surface area contributed by atoms with Gasteiger partial charge in [-0.1, -0.05) is 6.07 Å². The molecular formula is C15H15N5O. The zero-order valence-corrected chi connectivity index (χ0v) is 11.6. The first-order valence-corrected chi connectivity index (χ1v) is 6.58. The van der Waals surface area contributed by atoms with Crippen LogP contribution in [0.15, 0.2) is 55.1 Å². The lowest BCUT2D eigenvalue weighted by atomic mass is 10.2. The Morgan fingerprint density at radius 3 is 2.76 bits per heavy atom. The van der Waals surface area contributed by atoms with Gasteiger partial charge < -0.3 is 9.88 Å². The van der Waals surface area contributed by atoms with Crippen LogP contribution in [-0.2, 0) is 13.6 Å². The van der Waals surface area contributed by atoms with Crippen molar-refractivity contribution in [2.75, 3.05) is 0 Å². The highest BCUT2D eigenvalue weighted by atomic mass is 16.1. The number of hydrogen-bond acceptors (Lipinski definition) is 3. The van der Waals surface area contributed by atoms with E-state index in [0.717, 1.165) is 11.4 Å². The maximum Gasteiger partial charge on any atom is 0.268 e. The van der Waals surface area contributed by atoms with Gasteiger partial charge in [-0.25, -0.2) is 9.67 Å². The van der Waals surface area contributed by atoms with Gasteiger partial charge in [-0.3, -0.25) is 4.79 Å². The summed E-state index contributed by atoms with van der Waals surface area (Å²) < 4.78 is 3.47. The third-order valence-electron chi connectivity index (χ3n) is 3.18. The molecule has 0 aliphatic carbocycles. The van der Waals surface area contributed by atoms with E-state index in [9.17, 15) is 4.79 Å². The van der Waals surface area contributed by atoms with Gasteiger partial charge in [0, 0.05) is 38.4 Å². The number of nitrogens with one attached hydrogen (secondary N) is 1. The van der Waals surface area contributed by atoms with Crippen molar-refractivity contribution >= 4 is 5.91 Å². The Morgan fingerprint density at radius 1 is 1.24 bits per heavy atom. The molecule has 1 N–H and O–H groups in total. The number of nitrogens with zero attached hydrogens (tertiary/aromatic N) is 4. The molecule has 0 atom stereocenters. The van der Waals surface area contributed by atoms with E-state index >= 15 is 0 Å². The molecule has 106 valence electrons. The number of amides is 1. The van der Waals surface area contributed by atoms with Crippen LogP contribution in [0.5, 0.6) is 0 Å². The van der Waals surface area contributed by atoms with Gasteiger partial charge in [0.05, 0.1) is 0 Å². The van der Waals surface area contributed by atoms with Gasteiger partial charge in [0.25, 0.3) is 5.91 Å². The highest BCUT2D eigenvalue weighted by molar-refractivity contribution is 5.92. The number of pyridine rings is 1. The summed E-state index contributed by atoms with van der Waals surface area (Å²) in [5.41, 5.74) is 1.57. The standard InChI is InChI=1S/C15H15N5O/c1-19-8-2-4-13(19)15(21)17-11-12-5-6-14(16-10-12)20-9-3-7-18-20/h2-10H,11H2,1H3,(H,17,21). The number of aryl methyl sites for hydroxylation is 1. The van der Waals surface area contributed by atoms with Crippen molar-refractivity contribution in [3.8, 4) is 5.82 Å². The second-order valence-corrected chi connectivity index (χ2v) is 4.66. The van der Waals surface area contributed by atoms with E-state index in [2.05, 4.69) is 15.4 Å². The fraction of sp³-hybridized carbons (Fsp3) is 0.133. The van der Waals surface area contributed by atoms with Crippen LogP contribution < -0.4 is 5.32 Å². The Hall–Kier alpha value is -2.89. The Bertz CT molecular complexity index is 728. The molecule has 1 amide bonds. The van der Waals surface area contributed by atoms with Gasteiger partial charge in [0.2, 0.25) is 0 Å². The fourth-order valence-electron chi connectivity index (χ4n) is 2.03. The Labute approximate surface area is 122 Å². The van der Waals surface area contributed by atoms with E-state index in [-0.39, 0.29) is 5.91 Å². The van der Waals surface area contributed by atoms with Crippen molar-refractivity contribution in [2.45, 2.75) is 6.54 Å². The van der Waals surface area contributed by atoms with E-state index in [1.807, 2.05) is 43.7 Å². The summed E-state index contributed by atoms with van der Waals surface area (Å²) in [6, 6.07) is 9.27. The monoisotopic (exact) mass is 281 g/mol. The first kappa shape index (κ1) is 13.1. The van der Waals surface area contributed by atoms with Crippen LogP contribution in [0.2, 0.25) is 0 Å². The smallest absolute Gasteiger partial charge is 0.268 e. The molecule has 0 unspecified atom stereocenters. The minimum absolute atomic E-state index is 0.0985. The lowest BCUT2D eigenvalue weighted by Crippen LogP contribution is -2.24. The van der Waals surface area contributed by atoms with Crippen LogP contribution in [0.25, 0.3) is 5.82 Å². The number of carbonyl (C=O) groups excluding carboxylic acids is 1. The van der Waals surface area contributed by atoms with Crippen molar-refractivity contribution in [1.82, 2.24) is 24.6 Å². The lowest BCUT2D eigenvalue weighted by molar-refractivity contribution is 0.0943. The maximum absolute atomic E-state index is 12.0. The van der Waals surface area contributed by atoms with Crippen LogP contribution in [0.1, 0.15) is 16.1 Å². The van der Waals surface area contributed by atoms with Crippen LogP contribution in [-0.4, -0.2) is 25.2 Å². The summed E-state index contributed by atoms with van der Waals surface area (Å²) in [5, 5.41) is 6.99. The van der Waals surface area contributed by atoms with E-state index < -0.39 is 0 Å². The molecule has 0 fully saturated rings. The molecule has 6 nitrogen and oxygen atoms in total. The first-order valence-electron chi connectivity index (χ1n) is 6.58. The van der Waals surface area contributed by atoms with E-state index in [4.69, 9.17) is 0 Å². The second kappa shape index (κ2) is 5.62. The van der Waals surface area contributed by atoms with Gasteiger partial charge >= 0.3 is 0 Å². The average molecular weight is 281 g/mol. The Balaban J connectivity index is 1.64. The van der Waals surface area contributed by atoms with Crippen molar-refractivity contribution in [3.63, 3.8) is 0 Å². The second-order valence-electron chi connectivity index (χ2n) is 4.66. The molecule has 6 heteroatoms. The van der Waals surface area contributed by atoms with Crippen LogP contribution in [0.3, 0.4) is 0 Å². The summed E-state index contributed by atoms with van der Waals surface area (Å²) in [4.78, 5) is 16.3. The van der Waals surface area contributed by atoms with E-state index in [1.54, 1.807) is 27.7 Å². The molecule has 3 aromatic heterocycles. The molecule has 3 rings (SSSR count). The molecule has 21 heavy (non-hydrogen) atoms. The maximum atomic E-state index is 12.0. The molecule has 0 aliphatic heterocycles. The molecular weight excluding hydrogens is 266 g/mol. The molecule has 0 radical (unpaired) electrons. The Morgan fingerprint density at radius 2 is 2.14 bits per heavy atom. The van der Waals surface area contributed by atoms with Crippen molar-refractivity contribution in [3.05, 3.63) is 66.4 Å². The van der Waals surface area contributed by atoms with E-state index in [1.165, 1.54) is 0 Å². The summed E-state index contributed by atoms with van der Waals surface area (Å²) in [6.07, 6.45) is 7.12. The first-order chi connectivity index (χ1) is 10.2. The summed E-state index contributed by atoms with van der Waals surface area (Å²) in [6.45, 7) is 0.441. The fourth-order valence-corrected chi connectivity index (χ4v) is 2.03. The molecule has 0 spiro atoms. The molecule has 0 saturated heterocycles. The van der Waals surface area contributed by atoms with Crippen molar-refractivity contribution in [2.24, 2.45) is 7.05 Å². The summed E-state index contributed by atoms with van der Waals surface area (Å²) in [7, 11) is 1.84. The number of hydrogen-bond donors (Lipinski definition) is 1. The summed E-state index contributed by atoms with van der Waals surface area (Å²) >= 11 is 0. The number of rotatable bonds is 4.